The van der Waals surface area contributed by atoms with Gasteiger partial charge in [-0.05, 0) is 64.8 Å². The lowest BCUT2D eigenvalue weighted by atomic mass is 9.75. The SMILES string of the molecule is COc1ccc(N2C[C@@]34C=C[C@@H](O3)C(C(=O)NC3CC(C)(C)NC(C)(C)C3)[C@H]4C2=O)cc1. The first kappa shape index (κ1) is 21.5. The summed E-state index contributed by atoms with van der Waals surface area (Å²) in [7, 11) is 1.62. The summed E-state index contributed by atoms with van der Waals surface area (Å²) in [5, 5.41) is 6.93. The van der Waals surface area contributed by atoms with Crippen LogP contribution >= 0.6 is 0 Å². The normalized spacial score (nSPS) is 34.6. The van der Waals surface area contributed by atoms with Crippen molar-refractivity contribution in [1.82, 2.24) is 10.6 Å². The van der Waals surface area contributed by atoms with E-state index < -0.39 is 17.4 Å². The number of hydrogen-bond acceptors (Lipinski definition) is 5. The zero-order chi connectivity index (χ0) is 22.9. The van der Waals surface area contributed by atoms with Crippen LogP contribution in [0.4, 0.5) is 5.69 Å². The van der Waals surface area contributed by atoms with E-state index >= 15 is 0 Å². The number of piperidine rings is 1. The second-order valence-electron chi connectivity index (χ2n) is 11.0. The largest absolute Gasteiger partial charge is 0.497 e. The Hall–Kier alpha value is -2.38. The van der Waals surface area contributed by atoms with Crippen molar-refractivity contribution < 1.29 is 19.1 Å². The number of anilines is 1. The number of carbonyl (C=O) groups is 2. The van der Waals surface area contributed by atoms with Gasteiger partial charge in [-0.2, -0.15) is 0 Å². The topological polar surface area (TPSA) is 79.9 Å². The standard InChI is InChI=1S/C25H33N3O4/c1-23(2)12-15(13-24(3,4)27-23)26-21(29)19-18-10-11-25(32-18)14-28(22(30)20(19)25)16-6-8-17(31-5)9-7-16/h6-11,15,18-20,27H,12-14H2,1-5H3,(H,26,29)/t18-,19?,20+,25-/m1/s1. The van der Waals surface area contributed by atoms with Gasteiger partial charge in [0.05, 0.1) is 31.6 Å². The van der Waals surface area contributed by atoms with Gasteiger partial charge in [-0.15, -0.1) is 0 Å². The van der Waals surface area contributed by atoms with Crippen molar-refractivity contribution in [3.05, 3.63) is 36.4 Å². The quantitative estimate of drug-likeness (QED) is 0.705. The van der Waals surface area contributed by atoms with Gasteiger partial charge < -0.3 is 25.0 Å². The van der Waals surface area contributed by atoms with Crippen molar-refractivity contribution in [1.29, 1.82) is 0 Å². The molecule has 0 radical (unpaired) electrons. The molecular weight excluding hydrogens is 406 g/mol. The smallest absolute Gasteiger partial charge is 0.234 e. The van der Waals surface area contributed by atoms with Gasteiger partial charge in [-0.1, -0.05) is 12.2 Å². The Morgan fingerprint density at radius 3 is 2.44 bits per heavy atom. The van der Waals surface area contributed by atoms with E-state index in [1.807, 2.05) is 36.4 Å². The van der Waals surface area contributed by atoms with Gasteiger partial charge in [-0.3, -0.25) is 9.59 Å². The predicted octanol–water partition coefficient (Wildman–Crippen LogP) is 2.41. The number of benzene rings is 1. The fraction of sp³-hybridized carbons (Fsp3) is 0.600. The summed E-state index contributed by atoms with van der Waals surface area (Å²) < 4.78 is 11.5. The molecule has 4 aliphatic rings. The van der Waals surface area contributed by atoms with E-state index in [0.29, 0.717) is 6.54 Å². The van der Waals surface area contributed by atoms with Crippen LogP contribution in [0, 0.1) is 11.8 Å². The Kier molecular flexibility index (Phi) is 4.73. The van der Waals surface area contributed by atoms with Gasteiger partial charge >= 0.3 is 0 Å². The first-order valence-electron chi connectivity index (χ1n) is 11.4. The highest BCUT2D eigenvalue weighted by atomic mass is 16.5. The predicted molar refractivity (Wildman–Crippen MR) is 122 cm³/mol. The molecule has 32 heavy (non-hydrogen) atoms. The summed E-state index contributed by atoms with van der Waals surface area (Å²) in [5.74, 6) is -0.386. The number of carbonyl (C=O) groups excluding carboxylic acids is 2. The summed E-state index contributed by atoms with van der Waals surface area (Å²) in [6.45, 7) is 9.09. The zero-order valence-corrected chi connectivity index (χ0v) is 19.5. The maximum Gasteiger partial charge on any atom is 0.234 e. The Bertz CT molecular complexity index is 954. The van der Waals surface area contributed by atoms with Crippen LogP contribution < -0.4 is 20.3 Å². The van der Waals surface area contributed by atoms with Crippen LogP contribution in [-0.2, 0) is 14.3 Å². The van der Waals surface area contributed by atoms with Gasteiger partial charge in [0, 0.05) is 22.8 Å². The average molecular weight is 440 g/mol. The third-order valence-corrected chi connectivity index (χ3v) is 7.32. The van der Waals surface area contributed by atoms with E-state index in [2.05, 4.69) is 38.3 Å². The summed E-state index contributed by atoms with van der Waals surface area (Å²) in [6, 6.07) is 7.49. The number of nitrogens with zero attached hydrogens (tertiary/aromatic N) is 1. The summed E-state index contributed by atoms with van der Waals surface area (Å²) in [5.41, 5.74) is -0.0714. The fourth-order valence-corrected chi connectivity index (χ4v) is 6.50. The highest BCUT2D eigenvalue weighted by molar-refractivity contribution is 6.03. The van der Waals surface area contributed by atoms with E-state index in [0.717, 1.165) is 24.3 Å². The van der Waals surface area contributed by atoms with Crippen LogP contribution in [0.15, 0.2) is 36.4 Å². The van der Waals surface area contributed by atoms with E-state index in [1.165, 1.54) is 0 Å². The molecule has 0 saturated carbocycles. The monoisotopic (exact) mass is 439 g/mol. The Morgan fingerprint density at radius 1 is 1.16 bits per heavy atom. The van der Waals surface area contributed by atoms with Crippen LogP contribution in [0.3, 0.4) is 0 Å². The first-order valence-corrected chi connectivity index (χ1v) is 11.4. The molecule has 0 aromatic heterocycles. The molecule has 1 aromatic rings. The molecule has 3 fully saturated rings. The second kappa shape index (κ2) is 7.06. The minimum atomic E-state index is -0.726. The Labute approximate surface area is 189 Å². The number of amides is 2. The number of fused-ring (bicyclic) bond motifs is 1. The average Bonchev–Trinajstić information content (AvgIpc) is 3.34. The van der Waals surface area contributed by atoms with Crippen LogP contribution in [0.25, 0.3) is 0 Å². The van der Waals surface area contributed by atoms with Crippen LogP contribution in [0.5, 0.6) is 5.75 Å². The van der Waals surface area contributed by atoms with Crippen molar-refractivity contribution in [2.24, 2.45) is 11.8 Å². The molecule has 7 heteroatoms. The van der Waals surface area contributed by atoms with Crippen molar-refractivity contribution >= 4 is 17.5 Å². The number of methoxy groups -OCH3 is 1. The Morgan fingerprint density at radius 2 is 1.81 bits per heavy atom. The van der Waals surface area contributed by atoms with Gasteiger partial charge in [0.2, 0.25) is 11.8 Å². The molecule has 1 unspecified atom stereocenters. The molecule has 3 saturated heterocycles. The zero-order valence-electron chi connectivity index (χ0n) is 19.5. The van der Waals surface area contributed by atoms with E-state index in [4.69, 9.17) is 9.47 Å². The van der Waals surface area contributed by atoms with Crippen molar-refractivity contribution in [3.8, 4) is 5.75 Å². The van der Waals surface area contributed by atoms with E-state index in [1.54, 1.807) is 12.0 Å². The van der Waals surface area contributed by atoms with Crippen LogP contribution in [-0.4, -0.2) is 54.3 Å². The molecule has 4 heterocycles. The molecule has 5 rings (SSSR count). The molecule has 4 atom stereocenters. The van der Waals surface area contributed by atoms with Crippen molar-refractivity contribution in [3.63, 3.8) is 0 Å². The first-order chi connectivity index (χ1) is 15.0. The Balaban J connectivity index is 1.36. The second-order valence-corrected chi connectivity index (χ2v) is 11.0. The minimum Gasteiger partial charge on any atom is -0.497 e. The van der Waals surface area contributed by atoms with Crippen molar-refractivity contribution in [2.75, 3.05) is 18.6 Å². The van der Waals surface area contributed by atoms with Crippen LogP contribution in [0.2, 0.25) is 0 Å². The molecule has 4 aliphatic heterocycles. The molecule has 2 N–H and O–H groups in total. The molecule has 172 valence electrons. The maximum absolute atomic E-state index is 13.5. The summed E-state index contributed by atoms with van der Waals surface area (Å²) in [4.78, 5) is 28.8. The van der Waals surface area contributed by atoms with Crippen molar-refractivity contribution in [2.45, 2.75) is 69.4 Å². The molecule has 1 spiro atoms. The lowest BCUT2D eigenvalue weighted by Crippen LogP contribution is -2.62. The molecule has 2 bridgehead atoms. The molecular formula is C25H33N3O4. The fourth-order valence-electron chi connectivity index (χ4n) is 6.50. The maximum atomic E-state index is 13.5. The summed E-state index contributed by atoms with van der Waals surface area (Å²) >= 11 is 0. The van der Waals surface area contributed by atoms with Crippen LogP contribution in [0.1, 0.15) is 40.5 Å². The molecule has 1 aromatic carbocycles. The lowest BCUT2D eigenvalue weighted by molar-refractivity contribution is -0.132. The van der Waals surface area contributed by atoms with Gasteiger partial charge in [0.15, 0.2) is 0 Å². The minimum absolute atomic E-state index is 0.0480. The van der Waals surface area contributed by atoms with Gasteiger partial charge in [0.25, 0.3) is 0 Å². The van der Waals surface area contributed by atoms with Gasteiger partial charge in [-0.25, -0.2) is 0 Å². The molecule has 7 nitrogen and oxygen atoms in total. The van der Waals surface area contributed by atoms with Gasteiger partial charge in [0.1, 0.15) is 11.4 Å². The third kappa shape index (κ3) is 3.42. The van der Waals surface area contributed by atoms with E-state index in [-0.39, 0.29) is 35.0 Å². The number of rotatable bonds is 4. The number of hydrogen-bond donors (Lipinski definition) is 2. The number of ether oxygens (including phenoxy) is 2. The van der Waals surface area contributed by atoms with E-state index in [9.17, 15) is 9.59 Å². The molecule has 0 aliphatic carbocycles. The third-order valence-electron chi connectivity index (χ3n) is 7.32. The molecule has 2 amide bonds. The summed E-state index contributed by atoms with van der Waals surface area (Å²) in [6.07, 6.45) is 5.30. The highest BCUT2D eigenvalue weighted by Gasteiger charge is 2.67. The highest BCUT2D eigenvalue weighted by Crippen LogP contribution is 2.52. The lowest BCUT2D eigenvalue weighted by Gasteiger charge is -2.47. The number of nitrogens with one attached hydrogen (secondary N) is 2.